The van der Waals surface area contributed by atoms with Crippen LogP contribution < -0.4 is 44.6 Å². The van der Waals surface area contributed by atoms with E-state index >= 15 is 0 Å². The minimum atomic E-state index is -4.63. The summed E-state index contributed by atoms with van der Waals surface area (Å²) < 4.78 is 16.0. The third-order valence-electron chi connectivity index (χ3n) is 1.92. The smallest absolute Gasteiger partial charge is 1.00 e. The number of hydrogen-bond acceptors (Lipinski definition) is 4. The van der Waals surface area contributed by atoms with Crippen molar-refractivity contribution in [3.05, 3.63) is 24.3 Å². The molecule has 1 aromatic rings. The molecule has 0 bridgehead atoms. The second-order valence-electron chi connectivity index (χ2n) is 3.19. The predicted molar refractivity (Wildman–Crippen MR) is 65.6 cm³/mol. The Morgan fingerprint density at radius 3 is 1.95 bits per heavy atom. The molecule has 0 heterocycles. The van der Waals surface area contributed by atoms with Gasteiger partial charge in [-0.2, -0.15) is 0 Å². The molecule has 0 radical (unpaired) electrons. The first-order valence-electron chi connectivity index (χ1n) is 4.79. The summed E-state index contributed by atoms with van der Waals surface area (Å²) in [4.78, 5) is 21.3. The van der Waals surface area contributed by atoms with E-state index in [4.69, 9.17) is 4.74 Å². The molecule has 100 valence electrons. The third kappa shape index (κ3) is 11.6. The van der Waals surface area contributed by atoms with Crippen LogP contribution in [0.4, 0.5) is 0 Å². The van der Waals surface area contributed by atoms with E-state index in [1.165, 1.54) is 24.3 Å². The molecule has 0 saturated carbocycles. The van der Waals surface area contributed by atoms with Gasteiger partial charge in [-0.25, -0.2) is 0 Å². The van der Waals surface area contributed by atoms with E-state index in [0.29, 0.717) is 12.4 Å². The van der Waals surface area contributed by atoms with E-state index in [1.807, 2.05) is 0 Å². The molecule has 0 unspecified atom stereocenters. The number of ether oxygens (including phenoxy) is 1. The average molecular weight is 348 g/mol. The van der Waals surface area contributed by atoms with Gasteiger partial charge in [-0.05, 0) is 31.5 Å². The van der Waals surface area contributed by atoms with Gasteiger partial charge in [0.25, 0.3) is 0 Å². The van der Waals surface area contributed by atoms with Crippen molar-refractivity contribution in [1.82, 2.24) is 0 Å². The molecule has 4 nitrogen and oxygen atoms in total. The first-order chi connectivity index (χ1) is 7.04. The van der Waals surface area contributed by atoms with Crippen molar-refractivity contribution in [2.75, 3.05) is 6.61 Å². The van der Waals surface area contributed by atoms with E-state index < -0.39 is 7.60 Å². The summed E-state index contributed by atoms with van der Waals surface area (Å²) in [5.74, 6) is 0.584. The Labute approximate surface area is 158 Å². The normalized spacial score (nSPS) is 9.00. The SMILES string of the molecule is CCCCOc1ccc(P(=O)([O-])[O-])cc1.[Cl-].[Cl-].[Mg+2].[Mg+2]. The van der Waals surface area contributed by atoms with Crippen molar-refractivity contribution in [1.29, 1.82) is 0 Å². The summed E-state index contributed by atoms with van der Waals surface area (Å²) in [7, 11) is -4.63. The van der Waals surface area contributed by atoms with Crippen LogP contribution in [0.15, 0.2) is 24.3 Å². The summed E-state index contributed by atoms with van der Waals surface area (Å²) in [5, 5.41) is -0.203. The van der Waals surface area contributed by atoms with Crippen LogP contribution in [-0.2, 0) is 4.57 Å². The minimum absolute atomic E-state index is 0. The van der Waals surface area contributed by atoms with Crippen LogP contribution in [0, 0.1) is 0 Å². The predicted octanol–water partition coefficient (Wildman–Crippen LogP) is -6.35. The van der Waals surface area contributed by atoms with Gasteiger partial charge >= 0.3 is 46.1 Å². The van der Waals surface area contributed by atoms with Crippen molar-refractivity contribution in [3.63, 3.8) is 0 Å². The van der Waals surface area contributed by atoms with Crippen LogP contribution >= 0.6 is 7.60 Å². The Balaban J connectivity index is -0.000000281. The molecule has 0 aliphatic heterocycles. The molecule has 0 spiro atoms. The monoisotopic (exact) mass is 346 g/mol. The zero-order valence-electron chi connectivity index (χ0n) is 10.7. The van der Waals surface area contributed by atoms with Crippen molar-refractivity contribution in [2.24, 2.45) is 0 Å². The Kier molecular flexibility index (Phi) is 21.3. The van der Waals surface area contributed by atoms with Gasteiger partial charge < -0.3 is 43.9 Å². The third-order valence-corrected chi connectivity index (χ3v) is 2.85. The first kappa shape index (κ1) is 28.4. The molecule has 0 fully saturated rings. The number of unbranched alkanes of at least 4 members (excludes halogenated alkanes) is 1. The quantitative estimate of drug-likeness (QED) is 0.302. The molecule has 1 aromatic carbocycles. The van der Waals surface area contributed by atoms with E-state index in [-0.39, 0.29) is 76.2 Å². The summed E-state index contributed by atoms with van der Waals surface area (Å²) in [6, 6.07) is 5.52. The fourth-order valence-corrected chi connectivity index (χ4v) is 1.57. The van der Waals surface area contributed by atoms with E-state index in [2.05, 4.69) is 6.92 Å². The summed E-state index contributed by atoms with van der Waals surface area (Å²) in [5.41, 5.74) is 0. The van der Waals surface area contributed by atoms with Crippen LogP contribution in [0.5, 0.6) is 5.75 Å². The van der Waals surface area contributed by atoms with Crippen LogP contribution in [0.25, 0.3) is 0 Å². The van der Waals surface area contributed by atoms with Crippen molar-refractivity contribution < 1.29 is 43.9 Å². The van der Waals surface area contributed by atoms with E-state index in [1.54, 1.807) is 0 Å². The molecule has 0 N–H and O–H groups in total. The topological polar surface area (TPSA) is 72.4 Å². The van der Waals surface area contributed by atoms with Crippen LogP contribution in [0.3, 0.4) is 0 Å². The molecule has 9 heteroatoms. The number of rotatable bonds is 5. The second-order valence-corrected chi connectivity index (χ2v) is 4.70. The summed E-state index contributed by atoms with van der Waals surface area (Å²) in [6.07, 6.45) is 1.98. The van der Waals surface area contributed by atoms with E-state index in [0.717, 1.165) is 12.8 Å². The first-order valence-corrected chi connectivity index (χ1v) is 6.34. The number of hydrogen-bond donors (Lipinski definition) is 0. The molecular weight excluding hydrogens is 335 g/mol. The molecule has 0 amide bonds. The largest absolute Gasteiger partial charge is 2.00 e. The summed E-state index contributed by atoms with van der Waals surface area (Å²) in [6.45, 7) is 2.65. The van der Waals surface area contributed by atoms with Crippen molar-refractivity contribution in [2.45, 2.75) is 19.8 Å². The number of benzene rings is 1. The Bertz CT molecular complexity index is 359. The standard InChI is InChI=1S/C10H15O4P.2ClH.2Mg/c1-2-3-8-14-9-4-6-10(7-5-9)15(11,12)13;;;;/h4-7H,2-3,8H2,1H3,(H2,11,12,13);2*1H;;/q;;;2*+2/p-4. The van der Waals surface area contributed by atoms with Gasteiger partial charge in [-0.1, -0.05) is 25.5 Å². The van der Waals surface area contributed by atoms with Crippen LogP contribution in [0.1, 0.15) is 19.8 Å². The molecule has 0 saturated heterocycles. The fraction of sp³-hybridized carbons (Fsp3) is 0.400. The van der Waals surface area contributed by atoms with Gasteiger partial charge in [0.15, 0.2) is 0 Å². The summed E-state index contributed by atoms with van der Waals surface area (Å²) >= 11 is 0. The van der Waals surface area contributed by atoms with Crippen molar-refractivity contribution in [3.8, 4) is 5.75 Å². The van der Waals surface area contributed by atoms with Crippen molar-refractivity contribution >= 4 is 59.0 Å². The molecule has 0 aromatic heterocycles. The molecule has 19 heavy (non-hydrogen) atoms. The minimum Gasteiger partial charge on any atom is -1.00 e. The fourth-order valence-electron chi connectivity index (χ4n) is 1.06. The maximum absolute atomic E-state index is 10.6. The Hall–Kier alpha value is 1.28. The maximum atomic E-state index is 10.6. The zero-order valence-corrected chi connectivity index (χ0v) is 15.9. The van der Waals surface area contributed by atoms with Crippen LogP contribution in [-0.4, -0.2) is 52.7 Å². The second kappa shape index (κ2) is 14.2. The van der Waals surface area contributed by atoms with Gasteiger partial charge in [0.1, 0.15) is 5.75 Å². The molecular formula is C10H13Cl2Mg2O4P. The zero-order chi connectivity index (χ0) is 11.3. The molecule has 0 atom stereocenters. The van der Waals surface area contributed by atoms with Gasteiger partial charge in [-0.15, -0.1) is 0 Å². The molecule has 1 rings (SSSR count). The van der Waals surface area contributed by atoms with Gasteiger partial charge in [0.05, 0.1) is 6.61 Å². The Morgan fingerprint density at radius 2 is 1.58 bits per heavy atom. The Morgan fingerprint density at radius 1 is 1.11 bits per heavy atom. The van der Waals surface area contributed by atoms with Gasteiger partial charge in [-0.3, -0.25) is 0 Å². The maximum Gasteiger partial charge on any atom is 2.00 e. The van der Waals surface area contributed by atoms with Gasteiger partial charge in [0.2, 0.25) is 0 Å². The van der Waals surface area contributed by atoms with E-state index in [9.17, 15) is 14.4 Å². The molecule has 0 aliphatic rings. The average Bonchev–Trinajstić information content (AvgIpc) is 2.18. The van der Waals surface area contributed by atoms with Crippen LogP contribution in [0.2, 0.25) is 0 Å². The number of halogens is 2. The molecule has 0 aliphatic carbocycles. The van der Waals surface area contributed by atoms with Gasteiger partial charge in [0, 0.05) is 0 Å².